The van der Waals surface area contributed by atoms with E-state index in [1.807, 2.05) is 32.9 Å². The second kappa shape index (κ2) is 8.85. The van der Waals surface area contributed by atoms with Gasteiger partial charge < -0.3 is 5.32 Å². The Morgan fingerprint density at radius 2 is 1.90 bits per heavy atom. The molecule has 9 heteroatoms. The van der Waals surface area contributed by atoms with Crippen molar-refractivity contribution < 1.29 is 9.18 Å². The predicted octanol–water partition coefficient (Wildman–Crippen LogP) is 5.52. The summed E-state index contributed by atoms with van der Waals surface area (Å²) < 4.78 is 13.7. The van der Waals surface area contributed by atoms with Gasteiger partial charge in [0.15, 0.2) is 5.82 Å². The highest BCUT2D eigenvalue weighted by atomic mass is 35.5. The number of nitrogens with zero attached hydrogens (tertiary/aromatic N) is 2. The maximum Gasteiger partial charge on any atom is 0.258 e. The van der Waals surface area contributed by atoms with Crippen molar-refractivity contribution in [3.05, 3.63) is 70.0 Å². The summed E-state index contributed by atoms with van der Waals surface area (Å²) in [6.45, 7) is 5.64. The SMILES string of the molecule is CC(C)(C)N=C(NC(=O)c1ccc(Cl)c(F)c1)Nc1cc(-c2cccc(Cl)c2)[nH]n1. The number of guanidine groups is 1. The molecule has 0 atom stereocenters. The second-order valence-corrected chi connectivity index (χ2v) is 8.36. The minimum Gasteiger partial charge on any atom is -0.309 e. The number of carbonyl (C=O) groups excluding carboxylic acids is 1. The fourth-order valence-corrected chi connectivity index (χ4v) is 2.86. The van der Waals surface area contributed by atoms with E-state index in [9.17, 15) is 9.18 Å². The molecule has 3 aromatic rings. The Morgan fingerprint density at radius 1 is 1.13 bits per heavy atom. The largest absolute Gasteiger partial charge is 0.309 e. The molecule has 156 valence electrons. The average Bonchev–Trinajstić information content (AvgIpc) is 3.11. The minimum atomic E-state index is -0.676. The van der Waals surface area contributed by atoms with Gasteiger partial charge in [-0.25, -0.2) is 9.38 Å². The number of anilines is 1. The van der Waals surface area contributed by atoms with E-state index >= 15 is 0 Å². The fraction of sp³-hybridized carbons (Fsp3) is 0.190. The molecule has 0 radical (unpaired) electrons. The van der Waals surface area contributed by atoms with Crippen LogP contribution >= 0.6 is 23.2 Å². The highest BCUT2D eigenvalue weighted by Gasteiger charge is 2.16. The predicted molar refractivity (Wildman–Crippen MR) is 119 cm³/mol. The number of aromatic amines is 1. The van der Waals surface area contributed by atoms with Crippen LogP contribution in [0.15, 0.2) is 53.5 Å². The third kappa shape index (κ3) is 5.81. The Kier molecular flexibility index (Phi) is 6.43. The zero-order chi connectivity index (χ0) is 21.9. The lowest BCUT2D eigenvalue weighted by Gasteiger charge is -2.17. The van der Waals surface area contributed by atoms with Crippen molar-refractivity contribution in [2.24, 2.45) is 4.99 Å². The molecule has 0 fully saturated rings. The third-order valence-electron chi connectivity index (χ3n) is 3.82. The Hall–Kier alpha value is -2.90. The number of carbonyl (C=O) groups is 1. The molecule has 30 heavy (non-hydrogen) atoms. The first-order valence-corrected chi connectivity index (χ1v) is 9.81. The minimum absolute atomic E-state index is 0.0571. The lowest BCUT2D eigenvalue weighted by molar-refractivity contribution is 0.0976. The number of H-pyrrole nitrogens is 1. The zero-order valence-corrected chi connectivity index (χ0v) is 18.1. The van der Waals surface area contributed by atoms with Crippen molar-refractivity contribution in [3.63, 3.8) is 0 Å². The van der Waals surface area contributed by atoms with E-state index in [0.717, 1.165) is 17.3 Å². The number of rotatable bonds is 3. The van der Waals surface area contributed by atoms with Gasteiger partial charge in [0.25, 0.3) is 5.91 Å². The summed E-state index contributed by atoms with van der Waals surface area (Å²) in [5, 5.41) is 13.3. The number of hydrogen-bond acceptors (Lipinski definition) is 3. The van der Waals surface area contributed by atoms with E-state index < -0.39 is 17.3 Å². The Labute approximate surface area is 183 Å². The van der Waals surface area contributed by atoms with Crippen LogP contribution in [-0.2, 0) is 0 Å². The van der Waals surface area contributed by atoms with Crippen LogP contribution in [0.1, 0.15) is 31.1 Å². The molecule has 2 aromatic carbocycles. The highest BCUT2D eigenvalue weighted by Crippen LogP contribution is 2.23. The standard InChI is InChI=1S/C21H20Cl2FN5O/c1-21(2,3)27-20(26-19(30)13-7-8-15(23)16(24)10-13)25-18-11-17(28-29-18)12-5-4-6-14(22)9-12/h4-11H,1-3H3,(H3,25,26,27,28,29,30). The molecule has 0 unspecified atom stereocenters. The van der Waals surface area contributed by atoms with Gasteiger partial charge in [-0.2, -0.15) is 5.10 Å². The molecule has 0 saturated carbocycles. The van der Waals surface area contributed by atoms with E-state index in [1.165, 1.54) is 12.1 Å². The van der Waals surface area contributed by atoms with Gasteiger partial charge in [0.1, 0.15) is 5.82 Å². The van der Waals surface area contributed by atoms with Gasteiger partial charge in [0, 0.05) is 22.2 Å². The zero-order valence-electron chi connectivity index (χ0n) is 16.6. The van der Waals surface area contributed by atoms with Crippen molar-refractivity contribution in [1.29, 1.82) is 0 Å². The number of hydrogen-bond donors (Lipinski definition) is 3. The van der Waals surface area contributed by atoms with Crippen molar-refractivity contribution >= 4 is 40.9 Å². The van der Waals surface area contributed by atoms with Crippen LogP contribution in [0.3, 0.4) is 0 Å². The van der Waals surface area contributed by atoms with Gasteiger partial charge in [-0.3, -0.25) is 15.2 Å². The lowest BCUT2D eigenvalue weighted by atomic mass is 10.1. The molecule has 6 nitrogen and oxygen atoms in total. The second-order valence-electron chi connectivity index (χ2n) is 7.52. The number of aliphatic imine (C=N–C) groups is 1. The smallest absolute Gasteiger partial charge is 0.258 e. The molecule has 0 aliphatic heterocycles. The molecule has 1 amide bonds. The molecule has 0 bridgehead atoms. The fourth-order valence-electron chi connectivity index (χ4n) is 2.55. The molecule has 0 aliphatic rings. The molecule has 0 spiro atoms. The van der Waals surface area contributed by atoms with E-state index in [2.05, 4.69) is 25.8 Å². The van der Waals surface area contributed by atoms with Crippen LogP contribution in [0.25, 0.3) is 11.3 Å². The summed E-state index contributed by atoms with van der Waals surface area (Å²) >= 11 is 11.7. The Balaban J connectivity index is 1.82. The van der Waals surface area contributed by atoms with E-state index in [-0.39, 0.29) is 16.5 Å². The van der Waals surface area contributed by atoms with E-state index in [1.54, 1.807) is 18.2 Å². The summed E-state index contributed by atoms with van der Waals surface area (Å²) in [7, 11) is 0. The van der Waals surface area contributed by atoms with Gasteiger partial charge in [-0.1, -0.05) is 35.3 Å². The van der Waals surface area contributed by atoms with Crippen molar-refractivity contribution in [2.75, 3.05) is 5.32 Å². The third-order valence-corrected chi connectivity index (χ3v) is 4.36. The Bertz CT molecular complexity index is 1100. The van der Waals surface area contributed by atoms with Crippen LogP contribution in [0.2, 0.25) is 10.0 Å². The van der Waals surface area contributed by atoms with Crippen LogP contribution in [-0.4, -0.2) is 27.6 Å². The number of halogens is 3. The molecule has 0 saturated heterocycles. The number of aromatic nitrogens is 2. The van der Waals surface area contributed by atoms with E-state index in [0.29, 0.717) is 10.8 Å². The van der Waals surface area contributed by atoms with Crippen LogP contribution in [0.5, 0.6) is 0 Å². The van der Waals surface area contributed by atoms with Crippen molar-refractivity contribution in [1.82, 2.24) is 15.5 Å². The number of nitrogens with one attached hydrogen (secondary N) is 3. The van der Waals surface area contributed by atoms with Crippen molar-refractivity contribution in [3.8, 4) is 11.3 Å². The van der Waals surface area contributed by atoms with Crippen LogP contribution in [0.4, 0.5) is 10.2 Å². The normalized spacial score (nSPS) is 12.0. The summed E-state index contributed by atoms with van der Waals surface area (Å²) in [6, 6.07) is 12.9. The summed E-state index contributed by atoms with van der Waals surface area (Å²) in [4.78, 5) is 17.1. The first-order chi connectivity index (χ1) is 14.1. The molecule has 0 aliphatic carbocycles. The molecule has 3 rings (SSSR count). The number of benzene rings is 2. The molecule has 1 aromatic heterocycles. The molecule has 1 heterocycles. The molecular weight excluding hydrogens is 428 g/mol. The first-order valence-electron chi connectivity index (χ1n) is 9.05. The quantitative estimate of drug-likeness (QED) is 0.365. The topological polar surface area (TPSA) is 82.2 Å². The highest BCUT2D eigenvalue weighted by molar-refractivity contribution is 6.31. The van der Waals surface area contributed by atoms with Gasteiger partial charge >= 0.3 is 0 Å². The van der Waals surface area contributed by atoms with Crippen LogP contribution < -0.4 is 10.6 Å². The van der Waals surface area contributed by atoms with Crippen molar-refractivity contribution in [2.45, 2.75) is 26.3 Å². The first kappa shape index (κ1) is 21.8. The molecule has 3 N–H and O–H groups in total. The average molecular weight is 448 g/mol. The lowest BCUT2D eigenvalue weighted by Crippen LogP contribution is -2.38. The maximum atomic E-state index is 13.7. The van der Waals surface area contributed by atoms with Gasteiger partial charge in [0.2, 0.25) is 5.96 Å². The monoisotopic (exact) mass is 447 g/mol. The summed E-state index contributed by atoms with van der Waals surface area (Å²) in [6.07, 6.45) is 0. The summed E-state index contributed by atoms with van der Waals surface area (Å²) in [5.74, 6) is -0.598. The van der Waals surface area contributed by atoms with Gasteiger partial charge in [-0.05, 0) is 51.1 Å². The summed E-state index contributed by atoms with van der Waals surface area (Å²) in [5.41, 5.74) is 1.22. The van der Waals surface area contributed by atoms with E-state index in [4.69, 9.17) is 23.2 Å². The van der Waals surface area contributed by atoms with Gasteiger partial charge in [-0.15, -0.1) is 0 Å². The molecular formula is C21H20Cl2FN5O. The van der Waals surface area contributed by atoms with Crippen LogP contribution in [0, 0.1) is 5.82 Å². The van der Waals surface area contributed by atoms with Gasteiger partial charge in [0.05, 0.1) is 16.3 Å². The Morgan fingerprint density at radius 3 is 2.57 bits per heavy atom. The number of amides is 1. The maximum absolute atomic E-state index is 13.7.